The molecule has 0 aliphatic rings. The molecule has 0 unspecified atom stereocenters. The summed E-state index contributed by atoms with van der Waals surface area (Å²) in [5.41, 5.74) is 0. The van der Waals surface area contributed by atoms with Crippen molar-refractivity contribution in [3.8, 4) is 11.5 Å². The van der Waals surface area contributed by atoms with Gasteiger partial charge < -0.3 is 18.9 Å². The van der Waals surface area contributed by atoms with Crippen LogP contribution >= 0.6 is 0 Å². The Hall–Kier alpha value is -3.59. The third kappa shape index (κ3) is 22.3. The van der Waals surface area contributed by atoms with Gasteiger partial charge in [-0.1, -0.05) is 89.5 Å². The Bertz CT molecular complexity index is 1300. The quantitative estimate of drug-likeness (QED) is 0.0413. The van der Waals surface area contributed by atoms with Crippen LogP contribution in [0.4, 0.5) is 0 Å². The van der Waals surface area contributed by atoms with Gasteiger partial charge in [0.1, 0.15) is 37.9 Å². The number of carbonyl (C=O) groups is 2. The first-order chi connectivity index (χ1) is 25.9. The molecule has 0 saturated carbocycles. The number of hydrogen-bond acceptors (Lipinski definition) is 8. The van der Waals surface area contributed by atoms with Gasteiger partial charge in [0, 0.05) is 12.8 Å². The van der Waals surface area contributed by atoms with E-state index in [2.05, 4.69) is 38.2 Å². The molecule has 53 heavy (non-hydrogen) atoms. The van der Waals surface area contributed by atoms with E-state index in [4.69, 9.17) is 18.9 Å². The normalized spacial score (nSPS) is 11.7. The molecular formula is C44H66O8S. The van der Waals surface area contributed by atoms with Crippen molar-refractivity contribution >= 4 is 21.8 Å². The molecule has 0 aliphatic heterocycles. The lowest BCUT2D eigenvalue weighted by molar-refractivity contribution is -0.145. The van der Waals surface area contributed by atoms with Crippen LogP contribution in [0.15, 0.2) is 82.6 Å². The molecule has 2 rings (SSSR count). The topological polar surface area (TPSA) is 105 Å². The van der Waals surface area contributed by atoms with Crippen molar-refractivity contribution in [2.75, 3.05) is 26.4 Å². The Labute approximate surface area is 320 Å². The number of allylic oxidation sites excluding steroid dienone is 4. The number of sulfone groups is 1. The number of benzene rings is 2. The second kappa shape index (κ2) is 29.8. The fourth-order valence-corrected chi connectivity index (χ4v) is 6.87. The zero-order valence-corrected chi connectivity index (χ0v) is 33.4. The summed E-state index contributed by atoms with van der Waals surface area (Å²) >= 11 is 0. The highest BCUT2D eigenvalue weighted by Crippen LogP contribution is 2.25. The van der Waals surface area contributed by atoms with E-state index in [0.29, 0.717) is 24.3 Å². The summed E-state index contributed by atoms with van der Waals surface area (Å²) in [4.78, 5) is 24.3. The van der Waals surface area contributed by atoms with Crippen molar-refractivity contribution < 1.29 is 37.0 Å². The highest BCUT2D eigenvalue weighted by Gasteiger charge is 2.18. The summed E-state index contributed by atoms with van der Waals surface area (Å²) in [6, 6.07) is 12.3. The average molecular weight is 755 g/mol. The third-order valence-corrected chi connectivity index (χ3v) is 10.6. The van der Waals surface area contributed by atoms with E-state index >= 15 is 0 Å². The fourth-order valence-electron chi connectivity index (χ4n) is 5.61. The Morgan fingerprint density at radius 2 is 0.811 bits per heavy atom. The van der Waals surface area contributed by atoms with Crippen LogP contribution in [0.3, 0.4) is 0 Å². The van der Waals surface area contributed by atoms with Crippen LogP contribution in [0, 0.1) is 0 Å². The summed E-state index contributed by atoms with van der Waals surface area (Å²) in [5, 5.41) is 0. The van der Waals surface area contributed by atoms with Crippen molar-refractivity contribution in [1.29, 1.82) is 0 Å². The molecule has 0 aliphatic carbocycles. The van der Waals surface area contributed by atoms with Crippen molar-refractivity contribution in [1.82, 2.24) is 0 Å². The summed E-state index contributed by atoms with van der Waals surface area (Å²) < 4.78 is 48.1. The van der Waals surface area contributed by atoms with Crippen LogP contribution < -0.4 is 9.47 Å². The zero-order chi connectivity index (χ0) is 38.2. The predicted octanol–water partition coefficient (Wildman–Crippen LogP) is 11.3. The van der Waals surface area contributed by atoms with Crippen LogP contribution in [0.5, 0.6) is 11.5 Å². The molecule has 2 aromatic rings. The van der Waals surface area contributed by atoms with Gasteiger partial charge in [-0.2, -0.15) is 0 Å². The number of esters is 2. The molecule has 8 nitrogen and oxygen atoms in total. The lowest BCUT2D eigenvalue weighted by atomic mass is 10.1. The number of carbonyl (C=O) groups excluding carboxylic acids is 2. The molecule has 2 aromatic carbocycles. The maximum absolute atomic E-state index is 13.2. The first kappa shape index (κ1) is 45.6. The minimum absolute atomic E-state index is 0.130. The first-order valence-electron chi connectivity index (χ1n) is 20.2. The Morgan fingerprint density at radius 3 is 1.17 bits per heavy atom. The number of ether oxygens (including phenoxy) is 4. The van der Waals surface area contributed by atoms with Gasteiger partial charge in [0.05, 0.1) is 9.79 Å². The van der Waals surface area contributed by atoms with Crippen LogP contribution in [0.25, 0.3) is 0 Å². The summed E-state index contributed by atoms with van der Waals surface area (Å²) in [6.45, 7) is 5.07. The molecule has 0 aromatic heterocycles. The lowest BCUT2D eigenvalue weighted by Gasteiger charge is -2.10. The Kier molecular flexibility index (Phi) is 25.6. The van der Waals surface area contributed by atoms with E-state index in [1.165, 1.54) is 88.5 Å². The van der Waals surface area contributed by atoms with Gasteiger partial charge in [0.15, 0.2) is 0 Å². The highest BCUT2D eigenvalue weighted by atomic mass is 32.2. The second-order valence-electron chi connectivity index (χ2n) is 13.4. The third-order valence-electron chi connectivity index (χ3n) is 8.78. The van der Waals surface area contributed by atoms with Crippen molar-refractivity contribution in [3.05, 3.63) is 72.8 Å². The SMILES string of the molecule is CCCCCCC/C=C/CCCCC(=O)OCCOc1ccc(S(=O)(=O)c2ccc(OCCOC(=O)CCCC/C=C/CCCCCCC)cc2)cc1. The molecule has 0 radical (unpaired) electrons. The molecular weight excluding hydrogens is 689 g/mol. The summed E-state index contributed by atoms with van der Waals surface area (Å²) in [7, 11) is -3.75. The Morgan fingerprint density at radius 1 is 0.472 bits per heavy atom. The van der Waals surface area contributed by atoms with E-state index < -0.39 is 9.84 Å². The van der Waals surface area contributed by atoms with E-state index in [1.807, 2.05) is 0 Å². The van der Waals surface area contributed by atoms with E-state index in [1.54, 1.807) is 24.3 Å². The van der Waals surface area contributed by atoms with Gasteiger partial charge >= 0.3 is 11.9 Å². The van der Waals surface area contributed by atoms with Crippen molar-refractivity contribution in [3.63, 3.8) is 0 Å². The first-order valence-corrected chi connectivity index (χ1v) is 21.7. The largest absolute Gasteiger partial charge is 0.490 e. The van der Waals surface area contributed by atoms with Gasteiger partial charge in [0.25, 0.3) is 0 Å². The molecule has 0 atom stereocenters. The minimum atomic E-state index is -3.75. The van der Waals surface area contributed by atoms with Crippen LogP contribution in [-0.2, 0) is 28.9 Å². The van der Waals surface area contributed by atoms with Gasteiger partial charge in [-0.15, -0.1) is 0 Å². The standard InChI is InChI=1S/C44H66O8S/c1-3-5-7-9-11-13-15-17-19-21-23-25-43(45)51-37-35-49-39-27-31-41(32-28-39)53(47,48)42-33-29-40(30-34-42)50-36-38-52-44(46)26-24-22-20-18-16-14-12-10-8-6-4-2/h15-18,27-34H,3-14,19-26,35-38H2,1-2H3/b17-15+,18-16+. The summed E-state index contributed by atoms with van der Waals surface area (Å²) in [5.74, 6) is 0.492. The predicted molar refractivity (Wildman–Crippen MR) is 213 cm³/mol. The van der Waals surface area contributed by atoms with Gasteiger partial charge in [-0.3, -0.25) is 9.59 Å². The maximum atomic E-state index is 13.2. The number of hydrogen-bond donors (Lipinski definition) is 0. The van der Waals surface area contributed by atoms with Crippen molar-refractivity contribution in [2.45, 2.75) is 152 Å². The molecule has 0 fully saturated rings. The number of rotatable bonds is 32. The van der Waals surface area contributed by atoms with Gasteiger partial charge in [0.2, 0.25) is 9.84 Å². The molecule has 0 amide bonds. The smallest absolute Gasteiger partial charge is 0.305 e. The van der Waals surface area contributed by atoms with Crippen LogP contribution in [-0.4, -0.2) is 46.8 Å². The fraction of sp³-hybridized carbons (Fsp3) is 0.591. The van der Waals surface area contributed by atoms with Crippen LogP contribution in [0.2, 0.25) is 0 Å². The molecule has 0 heterocycles. The highest BCUT2D eigenvalue weighted by molar-refractivity contribution is 7.91. The summed E-state index contributed by atoms with van der Waals surface area (Å²) in [6.07, 6.45) is 30.4. The molecule has 0 bridgehead atoms. The minimum Gasteiger partial charge on any atom is -0.490 e. The van der Waals surface area contributed by atoms with E-state index in [-0.39, 0.29) is 48.2 Å². The van der Waals surface area contributed by atoms with Gasteiger partial charge in [-0.25, -0.2) is 8.42 Å². The Balaban J connectivity index is 1.56. The number of unbranched alkanes of at least 4 members (excludes halogenated alkanes) is 14. The molecule has 9 heteroatoms. The molecule has 0 saturated heterocycles. The monoisotopic (exact) mass is 754 g/mol. The van der Waals surface area contributed by atoms with Crippen molar-refractivity contribution in [2.24, 2.45) is 0 Å². The average Bonchev–Trinajstić information content (AvgIpc) is 3.16. The van der Waals surface area contributed by atoms with Crippen LogP contribution in [0.1, 0.15) is 142 Å². The lowest BCUT2D eigenvalue weighted by Crippen LogP contribution is -2.12. The van der Waals surface area contributed by atoms with Gasteiger partial charge in [-0.05, 0) is 113 Å². The molecule has 296 valence electrons. The molecule has 0 spiro atoms. The van der Waals surface area contributed by atoms with E-state index in [9.17, 15) is 18.0 Å². The zero-order valence-electron chi connectivity index (χ0n) is 32.6. The second-order valence-corrected chi connectivity index (χ2v) is 15.4. The maximum Gasteiger partial charge on any atom is 0.305 e. The van der Waals surface area contributed by atoms with E-state index in [0.717, 1.165) is 51.4 Å². The molecule has 0 N–H and O–H groups in total.